The van der Waals surface area contributed by atoms with Crippen molar-refractivity contribution in [3.63, 3.8) is 0 Å². The van der Waals surface area contributed by atoms with Crippen LogP contribution in [0.4, 0.5) is 13.2 Å². The summed E-state index contributed by atoms with van der Waals surface area (Å²) in [7, 11) is -3.51. The number of ketones is 1. The summed E-state index contributed by atoms with van der Waals surface area (Å²) in [4.78, 5) is 20.9. The quantitative estimate of drug-likeness (QED) is 0.703. The summed E-state index contributed by atoms with van der Waals surface area (Å²) in [6.07, 6.45) is -1.84. The van der Waals surface area contributed by atoms with Gasteiger partial charge in [0.1, 0.15) is 0 Å². The Kier molecular flexibility index (Phi) is 7.07. The second-order valence-electron chi connectivity index (χ2n) is 6.97. The van der Waals surface area contributed by atoms with Gasteiger partial charge in [0.05, 0.1) is 4.90 Å². The Balaban J connectivity index is 0.000000370. The number of piperidine rings is 1. The van der Waals surface area contributed by atoms with E-state index in [-0.39, 0.29) is 16.2 Å². The number of nitrogens with one attached hydrogen (secondary N) is 1. The molecule has 1 aromatic carbocycles. The van der Waals surface area contributed by atoms with Crippen molar-refractivity contribution in [2.75, 3.05) is 19.6 Å². The van der Waals surface area contributed by atoms with Gasteiger partial charge in [0, 0.05) is 30.6 Å². The van der Waals surface area contributed by atoms with E-state index < -0.39 is 22.2 Å². The lowest BCUT2D eigenvalue weighted by Crippen LogP contribution is -2.62. The van der Waals surface area contributed by atoms with E-state index in [0.717, 1.165) is 25.8 Å². The normalized spacial score (nSPS) is 19.0. The Morgan fingerprint density at radius 1 is 1.21 bits per heavy atom. The Bertz CT molecular complexity index is 856. The number of halogens is 3. The molecule has 2 heterocycles. The van der Waals surface area contributed by atoms with Crippen molar-refractivity contribution in [3.8, 4) is 0 Å². The van der Waals surface area contributed by atoms with Gasteiger partial charge < -0.3 is 10.4 Å². The van der Waals surface area contributed by atoms with Gasteiger partial charge in [-0.1, -0.05) is 19.1 Å². The van der Waals surface area contributed by atoms with Crippen molar-refractivity contribution in [1.82, 2.24) is 9.62 Å². The highest BCUT2D eigenvalue weighted by atomic mass is 32.2. The molecule has 3 rings (SSSR count). The van der Waals surface area contributed by atoms with Crippen LogP contribution in [0.25, 0.3) is 0 Å². The highest BCUT2D eigenvalue weighted by Gasteiger charge is 2.42. The van der Waals surface area contributed by atoms with Crippen LogP contribution in [0, 0.1) is 0 Å². The third kappa shape index (κ3) is 5.55. The second kappa shape index (κ2) is 8.80. The largest absolute Gasteiger partial charge is 0.490 e. The summed E-state index contributed by atoms with van der Waals surface area (Å²) < 4.78 is 58.8. The highest BCUT2D eigenvalue weighted by molar-refractivity contribution is 7.89. The molecule has 11 heteroatoms. The number of hydrogen-bond acceptors (Lipinski definition) is 5. The number of Topliss-reactive ketones (excluding diaryl/α,β-unsaturated/α-hetero) is 1. The number of nitrogens with zero attached hydrogens (tertiary/aromatic N) is 1. The molecule has 2 N–H and O–H groups in total. The van der Waals surface area contributed by atoms with Gasteiger partial charge in [-0.3, -0.25) is 4.79 Å². The third-order valence-electron chi connectivity index (χ3n) is 5.14. The number of sulfonamides is 1. The van der Waals surface area contributed by atoms with Crippen molar-refractivity contribution >= 4 is 21.8 Å². The van der Waals surface area contributed by atoms with Gasteiger partial charge in [0.15, 0.2) is 5.78 Å². The monoisotopic (exact) mass is 436 g/mol. The van der Waals surface area contributed by atoms with E-state index in [1.54, 1.807) is 29.4 Å². The average Bonchev–Trinajstić information content (AvgIpc) is 2.66. The Hall–Kier alpha value is -1.98. The van der Waals surface area contributed by atoms with Gasteiger partial charge in [0.2, 0.25) is 10.0 Å². The first kappa shape index (κ1) is 23.3. The topological polar surface area (TPSA) is 104 Å². The van der Waals surface area contributed by atoms with Crippen LogP contribution in [0.3, 0.4) is 0 Å². The molecule has 0 unspecified atom stereocenters. The van der Waals surface area contributed by atoms with Crippen molar-refractivity contribution in [3.05, 3.63) is 29.8 Å². The molecule has 0 bridgehead atoms. The van der Waals surface area contributed by atoms with Crippen LogP contribution < -0.4 is 5.32 Å². The molecule has 0 radical (unpaired) electrons. The average molecular weight is 436 g/mol. The van der Waals surface area contributed by atoms with E-state index in [1.807, 2.05) is 0 Å². The molecule has 162 valence electrons. The van der Waals surface area contributed by atoms with Crippen LogP contribution in [-0.4, -0.2) is 60.9 Å². The summed E-state index contributed by atoms with van der Waals surface area (Å²) in [6, 6.07) is 6.41. The fraction of sp³-hybridized carbons (Fsp3) is 0.556. The third-order valence-corrected chi connectivity index (χ3v) is 7.04. The van der Waals surface area contributed by atoms with Crippen LogP contribution in [0.1, 0.15) is 43.0 Å². The summed E-state index contributed by atoms with van der Waals surface area (Å²) >= 11 is 0. The zero-order valence-electron chi connectivity index (χ0n) is 15.8. The molecule has 2 aliphatic rings. The van der Waals surface area contributed by atoms with Crippen LogP contribution >= 0.6 is 0 Å². The van der Waals surface area contributed by atoms with E-state index in [0.29, 0.717) is 25.1 Å². The number of benzene rings is 1. The summed E-state index contributed by atoms with van der Waals surface area (Å²) in [5.74, 6) is -2.79. The lowest BCUT2D eigenvalue weighted by molar-refractivity contribution is -0.192. The van der Waals surface area contributed by atoms with Crippen molar-refractivity contribution in [1.29, 1.82) is 0 Å². The SMILES string of the molecule is CCC(=O)c1cccc(S(=O)(=O)N2CCC3(CCN3)CC2)c1.O=C(O)C(F)(F)F. The minimum atomic E-state index is -5.08. The molecule has 0 saturated carbocycles. The molecule has 1 aromatic rings. The molecule has 2 fully saturated rings. The minimum Gasteiger partial charge on any atom is -0.475 e. The van der Waals surface area contributed by atoms with E-state index in [1.165, 1.54) is 6.07 Å². The number of carbonyl (C=O) groups excluding carboxylic acids is 1. The number of carboxylic acids is 1. The van der Waals surface area contributed by atoms with E-state index in [4.69, 9.17) is 9.90 Å². The first-order chi connectivity index (χ1) is 13.4. The number of alkyl halides is 3. The fourth-order valence-electron chi connectivity index (χ4n) is 3.24. The molecule has 0 aliphatic carbocycles. The zero-order valence-corrected chi connectivity index (χ0v) is 16.6. The van der Waals surface area contributed by atoms with Gasteiger partial charge in [-0.15, -0.1) is 0 Å². The maximum absolute atomic E-state index is 12.8. The van der Waals surface area contributed by atoms with Crippen molar-refractivity contribution in [2.24, 2.45) is 0 Å². The number of carboxylic acid groups (broad SMARTS) is 1. The molecule has 0 aromatic heterocycles. The molecule has 0 amide bonds. The van der Waals surface area contributed by atoms with Crippen LogP contribution in [0.2, 0.25) is 0 Å². The van der Waals surface area contributed by atoms with Gasteiger partial charge in [0.25, 0.3) is 0 Å². The fourth-order valence-corrected chi connectivity index (χ4v) is 4.73. The molecular weight excluding hydrogens is 413 g/mol. The number of hydrogen-bond donors (Lipinski definition) is 2. The Morgan fingerprint density at radius 3 is 2.17 bits per heavy atom. The summed E-state index contributed by atoms with van der Waals surface area (Å²) in [5.41, 5.74) is 0.643. The number of rotatable bonds is 4. The molecule has 7 nitrogen and oxygen atoms in total. The second-order valence-corrected chi connectivity index (χ2v) is 8.91. The van der Waals surface area contributed by atoms with Gasteiger partial charge >= 0.3 is 12.1 Å². The highest BCUT2D eigenvalue weighted by Crippen LogP contribution is 2.33. The summed E-state index contributed by atoms with van der Waals surface area (Å²) in [6.45, 7) is 3.90. The maximum Gasteiger partial charge on any atom is 0.490 e. The predicted molar refractivity (Wildman–Crippen MR) is 98.1 cm³/mol. The maximum atomic E-state index is 12.8. The van der Waals surface area contributed by atoms with Crippen molar-refractivity contribution < 1.29 is 36.3 Å². The molecule has 2 aliphatic heterocycles. The Morgan fingerprint density at radius 2 is 1.76 bits per heavy atom. The lowest BCUT2D eigenvalue weighted by atomic mass is 9.80. The minimum absolute atomic E-state index is 0.0340. The van der Waals surface area contributed by atoms with E-state index >= 15 is 0 Å². The first-order valence-electron chi connectivity index (χ1n) is 9.10. The smallest absolute Gasteiger partial charge is 0.475 e. The molecule has 2 saturated heterocycles. The Labute approximate surface area is 166 Å². The van der Waals surface area contributed by atoms with E-state index in [9.17, 15) is 26.4 Å². The zero-order chi connectivity index (χ0) is 21.9. The van der Waals surface area contributed by atoms with Gasteiger partial charge in [-0.05, 0) is 37.9 Å². The molecule has 29 heavy (non-hydrogen) atoms. The number of aliphatic carboxylic acids is 1. The summed E-state index contributed by atoms with van der Waals surface area (Å²) in [5, 5.41) is 10.6. The van der Waals surface area contributed by atoms with E-state index in [2.05, 4.69) is 5.32 Å². The predicted octanol–water partition coefficient (Wildman–Crippen LogP) is 2.43. The molecular formula is C18H23F3N2O5S. The van der Waals surface area contributed by atoms with Crippen LogP contribution in [0.5, 0.6) is 0 Å². The number of carbonyl (C=O) groups is 2. The van der Waals surface area contributed by atoms with Gasteiger partial charge in [-0.2, -0.15) is 17.5 Å². The lowest BCUT2D eigenvalue weighted by Gasteiger charge is -2.48. The van der Waals surface area contributed by atoms with Gasteiger partial charge in [-0.25, -0.2) is 13.2 Å². The standard InChI is InChI=1S/C16H22N2O3S.C2HF3O2/c1-2-15(19)13-4-3-5-14(12-13)22(20,21)18-10-7-16(8-11-18)6-9-17-16;3-2(4,5)1(6)7/h3-5,12,17H,2,6-11H2,1H3;(H,6,7). The van der Waals surface area contributed by atoms with Crippen molar-refractivity contribution in [2.45, 2.75) is 49.2 Å². The molecule has 1 spiro atoms. The first-order valence-corrected chi connectivity index (χ1v) is 10.5. The van der Waals surface area contributed by atoms with Crippen LogP contribution in [-0.2, 0) is 14.8 Å². The van der Waals surface area contributed by atoms with Crippen LogP contribution in [0.15, 0.2) is 29.2 Å². The molecule has 0 atom stereocenters.